The average molecular weight is 290 g/mol. The normalized spacial score (nSPS) is 10.7. The predicted octanol–water partition coefficient (Wildman–Crippen LogP) is 3.97. The molecule has 3 aromatic rings. The van der Waals surface area contributed by atoms with Gasteiger partial charge in [0, 0.05) is 6.20 Å². The fraction of sp³-hybridized carbons (Fsp3) is 0. The van der Waals surface area contributed by atoms with Gasteiger partial charge in [0.25, 0.3) is 0 Å². The van der Waals surface area contributed by atoms with Gasteiger partial charge in [0.15, 0.2) is 0 Å². The van der Waals surface area contributed by atoms with Gasteiger partial charge in [-0.05, 0) is 30.3 Å². The van der Waals surface area contributed by atoms with Gasteiger partial charge in [-0.25, -0.2) is 9.78 Å². The van der Waals surface area contributed by atoms with Crippen molar-refractivity contribution in [3.05, 3.63) is 53.4 Å². The molecule has 1 aromatic carbocycles. The standard InChI is InChI=1S/C14H8ClNO4/c15-10-7-8(14(17)18)1-2-12(10)20-13-9-4-6-19-11(9)3-5-16-13/h1-7H,(H,17,18). The van der Waals surface area contributed by atoms with Crippen molar-refractivity contribution in [3.8, 4) is 11.6 Å². The van der Waals surface area contributed by atoms with Crippen molar-refractivity contribution >= 4 is 28.5 Å². The van der Waals surface area contributed by atoms with Crippen LogP contribution in [0.3, 0.4) is 0 Å². The Morgan fingerprint density at radius 1 is 1.30 bits per heavy atom. The number of fused-ring (bicyclic) bond motifs is 1. The molecule has 0 aliphatic heterocycles. The van der Waals surface area contributed by atoms with Gasteiger partial charge in [-0.1, -0.05) is 11.6 Å². The number of halogens is 1. The average Bonchev–Trinajstić information content (AvgIpc) is 2.90. The Balaban J connectivity index is 1.99. The minimum absolute atomic E-state index is 0.0943. The number of carboxylic acid groups (broad SMARTS) is 1. The van der Waals surface area contributed by atoms with E-state index in [9.17, 15) is 4.79 Å². The summed E-state index contributed by atoms with van der Waals surface area (Å²) in [5.41, 5.74) is 0.741. The summed E-state index contributed by atoms with van der Waals surface area (Å²) in [5, 5.41) is 9.79. The molecule has 0 bridgehead atoms. The first-order chi connectivity index (χ1) is 9.65. The van der Waals surface area contributed by atoms with Crippen LogP contribution in [0.15, 0.2) is 47.2 Å². The number of pyridine rings is 1. The van der Waals surface area contributed by atoms with Crippen molar-refractivity contribution in [2.24, 2.45) is 0 Å². The number of aromatic nitrogens is 1. The molecule has 5 nitrogen and oxygen atoms in total. The third-order valence-electron chi connectivity index (χ3n) is 2.73. The minimum Gasteiger partial charge on any atom is -0.478 e. The molecule has 0 atom stereocenters. The first-order valence-electron chi connectivity index (χ1n) is 5.68. The maximum absolute atomic E-state index is 10.8. The van der Waals surface area contributed by atoms with Crippen LogP contribution in [0, 0.1) is 0 Å². The number of carboxylic acids is 1. The molecule has 2 aromatic heterocycles. The van der Waals surface area contributed by atoms with Crippen LogP contribution < -0.4 is 4.74 Å². The topological polar surface area (TPSA) is 72.6 Å². The Labute approximate surface area is 118 Å². The van der Waals surface area contributed by atoms with E-state index in [1.807, 2.05) is 0 Å². The van der Waals surface area contributed by atoms with Gasteiger partial charge in [-0.2, -0.15) is 0 Å². The lowest BCUT2D eigenvalue weighted by Gasteiger charge is -2.07. The summed E-state index contributed by atoms with van der Waals surface area (Å²) >= 11 is 6.01. The molecule has 100 valence electrons. The van der Waals surface area contributed by atoms with Crippen LogP contribution in [0.5, 0.6) is 11.6 Å². The number of hydrogen-bond donors (Lipinski definition) is 1. The monoisotopic (exact) mass is 289 g/mol. The zero-order chi connectivity index (χ0) is 14.1. The molecule has 0 amide bonds. The van der Waals surface area contributed by atoms with Gasteiger partial charge >= 0.3 is 5.97 Å². The van der Waals surface area contributed by atoms with Gasteiger partial charge < -0.3 is 14.3 Å². The van der Waals surface area contributed by atoms with E-state index in [1.165, 1.54) is 24.5 Å². The third kappa shape index (κ3) is 2.19. The predicted molar refractivity (Wildman–Crippen MR) is 72.5 cm³/mol. The Morgan fingerprint density at radius 3 is 2.90 bits per heavy atom. The lowest BCUT2D eigenvalue weighted by Crippen LogP contribution is -1.96. The smallest absolute Gasteiger partial charge is 0.335 e. The second-order valence-electron chi connectivity index (χ2n) is 4.00. The summed E-state index contributed by atoms with van der Waals surface area (Å²) in [7, 11) is 0. The third-order valence-corrected chi connectivity index (χ3v) is 3.02. The summed E-state index contributed by atoms with van der Waals surface area (Å²) < 4.78 is 10.9. The minimum atomic E-state index is -1.05. The van der Waals surface area contributed by atoms with Gasteiger partial charge in [-0.15, -0.1) is 0 Å². The SMILES string of the molecule is O=C(O)c1ccc(Oc2nccc3occc23)c(Cl)c1. The molecule has 0 fully saturated rings. The molecule has 0 radical (unpaired) electrons. The number of ether oxygens (including phenoxy) is 1. The second-order valence-corrected chi connectivity index (χ2v) is 4.41. The van der Waals surface area contributed by atoms with Crippen LogP contribution in [0.4, 0.5) is 0 Å². The molecule has 0 unspecified atom stereocenters. The molecule has 0 aliphatic carbocycles. The maximum atomic E-state index is 10.8. The van der Waals surface area contributed by atoms with Crippen LogP contribution in [-0.4, -0.2) is 16.1 Å². The van der Waals surface area contributed by atoms with Crippen LogP contribution in [-0.2, 0) is 0 Å². The highest BCUT2D eigenvalue weighted by atomic mass is 35.5. The second kappa shape index (κ2) is 4.86. The number of benzene rings is 1. The molecule has 1 N–H and O–H groups in total. The van der Waals surface area contributed by atoms with Crippen molar-refractivity contribution in [1.82, 2.24) is 4.98 Å². The van der Waals surface area contributed by atoms with Gasteiger partial charge in [0.1, 0.15) is 11.3 Å². The maximum Gasteiger partial charge on any atom is 0.335 e. The number of nitrogens with zero attached hydrogens (tertiary/aromatic N) is 1. The molecule has 2 heterocycles. The summed E-state index contributed by atoms with van der Waals surface area (Å²) in [4.78, 5) is 15.0. The summed E-state index contributed by atoms with van der Waals surface area (Å²) in [6, 6.07) is 7.69. The van der Waals surface area contributed by atoms with Crippen molar-refractivity contribution in [2.45, 2.75) is 0 Å². The van der Waals surface area contributed by atoms with E-state index < -0.39 is 5.97 Å². The number of hydrogen-bond acceptors (Lipinski definition) is 4. The van der Waals surface area contributed by atoms with Crippen LogP contribution in [0.25, 0.3) is 11.0 Å². The number of aromatic carboxylic acids is 1. The highest BCUT2D eigenvalue weighted by molar-refractivity contribution is 6.32. The fourth-order valence-corrected chi connectivity index (χ4v) is 1.99. The molecular formula is C14H8ClNO4. The van der Waals surface area contributed by atoms with E-state index in [0.717, 1.165) is 0 Å². The zero-order valence-corrected chi connectivity index (χ0v) is 10.8. The molecule has 3 rings (SSSR count). The number of furan rings is 1. The summed E-state index contributed by atoms with van der Waals surface area (Å²) in [6.45, 7) is 0. The first-order valence-corrected chi connectivity index (χ1v) is 6.06. The van der Waals surface area contributed by atoms with Crippen LogP contribution >= 0.6 is 11.6 Å². The van der Waals surface area contributed by atoms with E-state index in [1.54, 1.807) is 18.3 Å². The Bertz CT molecular complexity index is 797. The zero-order valence-electron chi connectivity index (χ0n) is 10.0. The van der Waals surface area contributed by atoms with Crippen molar-refractivity contribution < 1.29 is 19.1 Å². The molecular weight excluding hydrogens is 282 g/mol. The molecule has 0 saturated carbocycles. The van der Waals surface area contributed by atoms with Gasteiger partial charge in [0.05, 0.1) is 22.2 Å². The lowest BCUT2D eigenvalue weighted by atomic mass is 10.2. The largest absolute Gasteiger partial charge is 0.478 e. The van der Waals surface area contributed by atoms with Crippen molar-refractivity contribution in [3.63, 3.8) is 0 Å². The molecule has 0 aliphatic rings. The highest BCUT2D eigenvalue weighted by Gasteiger charge is 2.11. The van der Waals surface area contributed by atoms with E-state index in [4.69, 9.17) is 25.9 Å². The number of carbonyl (C=O) groups is 1. The summed E-state index contributed by atoms with van der Waals surface area (Å²) in [5.74, 6) is -0.368. The van der Waals surface area contributed by atoms with Crippen LogP contribution in [0.1, 0.15) is 10.4 Å². The number of rotatable bonds is 3. The molecule has 20 heavy (non-hydrogen) atoms. The van der Waals surface area contributed by atoms with Gasteiger partial charge in [-0.3, -0.25) is 0 Å². The lowest BCUT2D eigenvalue weighted by molar-refractivity contribution is 0.0697. The Kier molecular flexibility index (Phi) is 3.04. The van der Waals surface area contributed by atoms with E-state index >= 15 is 0 Å². The molecule has 0 spiro atoms. The fourth-order valence-electron chi connectivity index (χ4n) is 1.77. The van der Waals surface area contributed by atoms with E-state index in [2.05, 4.69) is 4.98 Å². The van der Waals surface area contributed by atoms with E-state index in [-0.39, 0.29) is 10.6 Å². The van der Waals surface area contributed by atoms with Crippen LogP contribution in [0.2, 0.25) is 5.02 Å². The summed E-state index contributed by atoms with van der Waals surface area (Å²) in [6.07, 6.45) is 3.09. The van der Waals surface area contributed by atoms with E-state index in [0.29, 0.717) is 22.6 Å². The van der Waals surface area contributed by atoms with Crippen molar-refractivity contribution in [2.75, 3.05) is 0 Å². The molecule has 0 saturated heterocycles. The van der Waals surface area contributed by atoms with Gasteiger partial charge in [0.2, 0.25) is 5.88 Å². The first kappa shape index (κ1) is 12.5. The van der Waals surface area contributed by atoms with Crippen molar-refractivity contribution in [1.29, 1.82) is 0 Å². The Hall–Kier alpha value is -2.53. The molecule has 6 heteroatoms. The quantitative estimate of drug-likeness (QED) is 0.789. The highest BCUT2D eigenvalue weighted by Crippen LogP contribution is 2.33. The Morgan fingerprint density at radius 2 is 2.15 bits per heavy atom.